The van der Waals surface area contributed by atoms with Gasteiger partial charge < -0.3 is 0 Å². The van der Waals surface area contributed by atoms with Crippen LogP contribution in [0.15, 0.2) is 18.3 Å². The summed E-state index contributed by atoms with van der Waals surface area (Å²) in [4.78, 5) is 3.87. The number of hydrogen-bond acceptors (Lipinski definition) is 3. The third-order valence-electron chi connectivity index (χ3n) is 3.47. The Hall–Kier alpha value is -1.14. The molecule has 1 saturated carbocycles. The number of hydrazine groups is 1. The van der Waals surface area contributed by atoms with Gasteiger partial charge >= 0.3 is 6.18 Å². The maximum atomic E-state index is 12.4. The van der Waals surface area contributed by atoms with Crippen LogP contribution in [-0.2, 0) is 6.18 Å². The molecule has 0 bridgehead atoms. The summed E-state index contributed by atoms with van der Waals surface area (Å²) in [6, 6.07) is 2.28. The number of alkyl halides is 3. The number of rotatable bonds is 4. The van der Waals surface area contributed by atoms with Crippen molar-refractivity contribution in [3.8, 4) is 0 Å². The molecule has 1 aromatic heterocycles. The van der Waals surface area contributed by atoms with E-state index in [0.29, 0.717) is 11.6 Å². The molecule has 6 heteroatoms. The summed E-state index contributed by atoms with van der Waals surface area (Å²) >= 11 is 0. The van der Waals surface area contributed by atoms with E-state index in [9.17, 15) is 13.2 Å². The minimum Gasteiger partial charge on any atom is -0.271 e. The summed E-state index contributed by atoms with van der Waals surface area (Å²) in [5, 5.41) is 0. The van der Waals surface area contributed by atoms with Gasteiger partial charge in [-0.25, -0.2) is 0 Å². The summed E-state index contributed by atoms with van der Waals surface area (Å²) in [5.41, 5.74) is 2.47. The van der Waals surface area contributed by atoms with E-state index in [1.165, 1.54) is 25.3 Å². The maximum absolute atomic E-state index is 12.4. The lowest BCUT2D eigenvalue weighted by Gasteiger charge is -2.29. The Kier molecular flexibility index (Phi) is 3.87. The van der Waals surface area contributed by atoms with Crippen molar-refractivity contribution < 1.29 is 13.2 Å². The van der Waals surface area contributed by atoms with Crippen molar-refractivity contribution in [2.75, 3.05) is 0 Å². The van der Waals surface area contributed by atoms with Crippen LogP contribution in [0.4, 0.5) is 13.2 Å². The molecule has 1 aliphatic rings. The van der Waals surface area contributed by atoms with Crippen LogP contribution in [0.1, 0.15) is 43.0 Å². The largest absolute Gasteiger partial charge is 0.417 e. The molecular weight excluding hydrogens is 243 g/mol. The fourth-order valence-corrected chi connectivity index (χ4v) is 2.12. The zero-order chi connectivity index (χ0) is 13.2. The predicted molar refractivity (Wildman–Crippen MR) is 61.3 cm³/mol. The average Bonchev–Trinajstić information content (AvgIpc) is 2.27. The molecule has 0 spiro atoms. The summed E-state index contributed by atoms with van der Waals surface area (Å²) in [5.74, 6) is 6.05. The molecule has 2 rings (SSSR count). The number of hydrogen-bond donors (Lipinski definition) is 2. The van der Waals surface area contributed by atoms with E-state index in [4.69, 9.17) is 5.84 Å². The average molecular weight is 259 g/mol. The fraction of sp³-hybridized carbons (Fsp3) is 0.583. The highest BCUT2D eigenvalue weighted by Gasteiger charge is 2.31. The second-order valence-corrected chi connectivity index (χ2v) is 4.72. The Bertz CT molecular complexity index is 385. The molecule has 0 saturated heterocycles. The number of nitrogens with zero attached hydrogens (tertiary/aromatic N) is 1. The van der Waals surface area contributed by atoms with Crippen LogP contribution in [0.5, 0.6) is 0 Å². The second-order valence-electron chi connectivity index (χ2n) is 4.72. The second kappa shape index (κ2) is 5.24. The number of nitrogens with two attached hydrogens (primary N) is 1. The Morgan fingerprint density at radius 2 is 2.11 bits per heavy atom. The Labute approximate surface area is 104 Å². The summed E-state index contributed by atoms with van der Waals surface area (Å²) in [6.45, 7) is 0. The van der Waals surface area contributed by atoms with Gasteiger partial charge in [-0.05, 0) is 24.5 Å². The van der Waals surface area contributed by atoms with Crippen LogP contribution < -0.4 is 11.3 Å². The van der Waals surface area contributed by atoms with E-state index in [0.717, 1.165) is 18.7 Å². The summed E-state index contributed by atoms with van der Waals surface area (Å²) < 4.78 is 37.2. The third kappa shape index (κ3) is 3.00. The lowest BCUT2D eigenvalue weighted by atomic mass is 9.80. The first kappa shape index (κ1) is 13.3. The summed E-state index contributed by atoms with van der Waals surface area (Å²) in [7, 11) is 0. The van der Waals surface area contributed by atoms with Crippen LogP contribution in [0, 0.1) is 5.92 Å². The first-order chi connectivity index (χ1) is 8.50. The van der Waals surface area contributed by atoms with Crippen molar-refractivity contribution in [3.05, 3.63) is 29.6 Å². The number of aromatic nitrogens is 1. The van der Waals surface area contributed by atoms with Crippen LogP contribution in [-0.4, -0.2) is 4.98 Å². The highest BCUT2D eigenvalue weighted by Crippen LogP contribution is 2.34. The highest BCUT2D eigenvalue weighted by molar-refractivity contribution is 5.19. The molecule has 0 aromatic carbocycles. The first-order valence-electron chi connectivity index (χ1n) is 6.00. The van der Waals surface area contributed by atoms with Crippen molar-refractivity contribution in [2.45, 2.75) is 37.9 Å². The zero-order valence-corrected chi connectivity index (χ0v) is 9.87. The monoisotopic (exact) mass is 259 g/mol. The van der Waals surface area contributed by atoms with Crippen LogP contribution in [0.25, 0.3) is 0 Å². The molecular formula is C12H16F3N3. The van der Waals surface area contributed by atoms with Gasteiger partial charge in [-0.15, -0.1) is 0 Å². The van der Waals surface area contributed by atoms with E-state index in [2.05, 4.69) is 10.4 Å². The highest BCUT2D eigenvalue weighted by atomic mass is 19.4. The molecule has 1 aromatic rings. The van der Waals surface area contributed by atoms with Gasteiger partial charge in [-0.3, -0.25) is 16.3 Å². The molecule has 1 atom stereocenters. The smallest absolute Gasteiger partial charge is 0.271 e. The third-order valence-corrected chi connectivity index (χ3v) is 3.47. The minimum atomic E-state index is -4.34. The van der Waals surface area contributed by atoms with E-state index in [1.807, 2.05) is 0 Å². The quantitative estimate of drug-likeness (QED) is 0.645. The van der Waals surface area contributed by atoms with Gasteiger partial charge in [0.2, 0.25) is 0 Å². The Morgan fingerprint density at radius 1 is 1.39 bits per heavy atom. The SMILES string of the molecule is NNC(CC1CCC1)c1ccc(C(F)(F)F)cn1. The Balaban J connectivity index is 2.06. The van der Waals surface area contributed by atoms with Crippen molar-refractivity contribution in [1.82, 2.24) is 10.4 Å². The van der Waals surface area contributed by atoms with Gasteiger partial charge in [-0.2, -0.15) is 13.2 Å². The lowest BCUT2D eigenvalue weighted by molar-refractivity contribution is -0.137. The van der Waals surface area contributed by atoms with Crippen LogP contribution in [0.3, 0.4) is 0 Å². The van der Waals surface area contributed by atoms with Gasteiger partial charge in [0.05, 0.1) is 17.3 Å². The Morgan fingerprint density at radius 3 is 2.50 bits per heavy atom. The van der Waals surface area contributed by atoms with E-state index < -0.39 is 11.7 Å². The van der Waals surface area contributed by atoms with Crippen molar-refractivity contribution in [3.63, 3.8) is 0 Å². The predicted octanol–water partition coefficient (Wildman–Crippen LogP) is 2.80. The van der Waals surface area contributed by atoms with E-state index in [1.54, 1.807) is 0 Å². The molecule has 3 N–H and O–H groups in total. The van der Waals surface area contributed by atoms with E-state index in [-0.39, 0.29) is 6.04 Å². The number of pyridine rings is 1. The first-order valence-corrected chi connectivity index (χ1v) is 6.00. The van der Waals surface area contributed by atoms with E-state index >= 15 is 0 Å². The zero-order valence-electron chi connectivity index (χ0n) is 9.87. The lowest BCUT2D eigenvalue weighted by Crippen LogP contribution is -2.31. The van der Waals surface area contributed by atoms with Gasteiger partial charge in [-0.1, -0.05) is 19.3 Å². The normalized spacial score (nSPS) is 18.4. The molecule has 0 aliphatic heterocycles. The topological polar surface area (TPSA) is 50.9 Å². The number of halogens is 3. The fourth-order valence-electron chi connectivity index (χ4n) is 2.12. The maximum Gasteiger partial charge on any atom is 0.417 e. The van der Waals surface area contributed by atoms with Gasteiger partial charge in [0, 0.05) is 6.20 Å². The molecule has 1 fully saturated rings. The minimum absolute atomic E-state index is 0.169. The molecule has 3 nitrogen and oxygen atoms in total. The molecule has 0 radical (unpaired) electrons. The van der Waals surface area contributed by atoms with Crippen molar-refractivity contribution in [2.24, 2.45) is 11.8 Å². The van der Waals surface area contributed by atoms with Crippen molar-refractivity contribution in [1.29, 1.82) is 0 Å². The van der Waals surface area contributed by atoms with Crippen LogP contribution in [0.2, 0.25) is 0 Å². The van der Waals surface area contributed by atoms with Gasteiger partial charge in [0.1, 0.15) is 0 Å². The molecule has 1 aliphatic carbocycles. The van der Waals surface area contributed by atoms with Gasteiger partial charge in [0.15, 0.2) is 0 Å². The molecule has 100 valence electrons. The van der Waals surface area contributed by atoms with Gasteiger partial charge in [0.25, 0.3) is 0 Å². The molecule has 18 heavy (non-hydrogen) atoms. The molecule has 1 unspecified atom stereocenters. The van der Waals surface area contributed by atoms with Crippen LogP contribution >= 0.6 is 0 Å². The van der Waals surface area contributed by atoms with Crippen molar-refractivity contribution >= 4 is 0 Å². The molecule has 1 heterocycles. The summed E-state index contributed by atoms with van der Waals surface area (Å²) in [6.07, 6.45) is 0.903. The number of nitrogens with one attached hydrogen (secondary N) is 1. The standard InChI is InChI=1S/C12H16F3N3/c13-12(14,15)9-4-5-10(17-7-9)11(18-16)6-8-2-1-3-8/h4-5,7-8,11,18H,1-3,6,16H2. The molecule has 0 amide bonds.